The third kappa shape index (κ3) is 3.23. The second-order valence-corrected chi connectivity index (χ2v) is 4.61. The summed E-state index contributed by atoms with van der Waals surface area (Å²) in [4.78, 5) is 11.9. The molecule has 2 N–H and O–H groups in total. The molecule has 0 saturated heterocycles. The standard InChI is InChI=1S/C12H16BrNO2/c1-3-12(2,8-13)14-11(16)9-5-4-6-10(15)7-9/h4-7,15H,3,8H2,1-2H3,(H,14,16). The predicted molar refractivity (Wildman–Crippen MR) is 68.1 cm³/mol. The summed E-state index contributed by atoms with van der Waals surface area (Å²) in [5.41, 5.74) is 0.211. The first-order chi connectivity index (χ1) is 7.50. The van der Waals surface area contributed by atoms with E-state index in [1.54, 1.807) is 18.2 Å². The van der Waals surface area contributed by atoms with E-state index in [1.807, 2.05) is 13.8 Å². The van der Waals surface area contributed by atoms with Gasteiger partial charge in [-0.1, -0.05) is 28.9 Å². The van der Waals surface area contributed by atoms with Crippen LogP contribution in [0.5, 0.6) is 5.75 Å². The van der Waals surface area contributed by atoms with Crippen LogP contribution in [0.4, 0.5) is 0 Å². The Labute approximate surface area is 104 Å². The number of phenolic OH excluding ortho intramolecular Hbond substituents is 1. The number of alkyl halides is 1. The molecule has 1 aromatic carbocycles. The number of benzene rings is 1. The highest BCUT2D eigenvalue weighted by atomic mass is 79.9. The number of phenols is 1. The molecule has 1 atom stereocenters. The van der Waals surface area contributed by atoms with Gasteiger partial charge in [0, 0.05) is 16.4 Å². The molecular formula is C12H16BrNO2. The lowest BCUT2D eigenvalue weighted by atomic mass is 10.0. The van der Waals surface area contributed by atoms with Gasteiger partial charge >= 0.3 is 0 Å². The van der Waals surface area contributed by atoms with E-state index in [4.69, 9.17) is 0 Å². The molecule has 0 bridgehead atoms. The van der Waals surface area contributed by atoms with Gasteiger partial charge in [0.2, 0.25) is 0 Å². The Kier molecular flexibility index (Phi) is 4.35. The van der Waals surface area contributed by atoms with Gasteiger partial charge in [0.1, 0.15) is 5.75 Å². The zero-order valence-electron chi connectivity index (χ0n) is 9.46. The summed E-state index contributed by atoms with van der Waals surface area (Å²) in [5.74, 6) is -0.0654. The van der Waals surface area contributed by atoms with E-state index in [0.29, 0.717) is 10.9 Å². The molecule has 3 nitrogen and oxygen atoms in total. The monoisotopic (exact) mass is 285 g/mol. The minimum Gasteiger partial charge on any atom is -0.508 e. The van der Waals surface area contributed by atoms with E-state index in [2.05, 4.69) is 21.2 Å². The van der Waals surface area contributed by atoms with Crippen LogP contribution in [0, 0.1) is 0 Å². The van der Waals surface area contributed by atoms with E-state index in [9.17, 15) is 9.90 Å². The smallest absolute Gasteiger partial charge is 0.251 e. The van der Waals surface area contributed by atoms with E-state index in [-0.39, 0.29) is 17.2 Å². The molecule has 0 aromatic heterocycles. The van der Waals surface area contributed by atoms with Crippen molar-refractivity contribution in [3.63, 3.8) is 0 Å². The van der Waals surface area contributed by atoms with Gasteiger partial charge in [-0.2, -0.15) is 0 Å². The minimum atomic E-state index is -0.261. The summed E-state index contributed by atoms with van der Waals surface area (Å²) in [6, 6.07) is 6.33. The van der Waals surface area contributed by atoms with Crippen LogP contribution in [0.25, 0.3) is 0 Å². The summed E-state index contributed by atoms with van der Waals surface area (Å²) in [6.07, 6.45) is 0.836. The molecular weight excluding hydrogens is 270 g/mol. The molecule has 1 rings (SSSR count). The number of aromatic hydroxyl groups is 1. The lowest BCUT2D eigenvalue weighted by Crippen LogP contribution is -2.46. The van der Waals surface area contributed by atoms with Crippen LogP contribution < -0.4 is 5.32 Å². The van der Waals surface area contributed by atoms with Crippen molar-refractivity contribution in [1.29, 1.82) is 0 Å². The average molecular weight is 286 g/mol. The summed E-state index contributed by atoms with van der Waals surface area (Å²) in [7, 11) is 0. The second kappa shape index (κ2) is 5.34. The maximum atomic E-state index is 11.9. The molecule has 0 aliphatic carbocycles. The molecule has 1 unspecified atom stereocenters. The van der Waals surface area contributed by atoms with Crippen molar-refractivity contribution in [3.8, 4) is 5.75 Å². The van der Waals surface area contributed by atoms with Crippen LogP contribution in [-0.4, -0.2) is 21.9 Å². The molecule has 88 valence electrons. The zero-order valence-corrected chi connectivity index (χ0v) is 11.0. The number of halogens is 1. The van der Waals surface area contributed by atoms with Crippen LogP contribution >= 0.6 is 15.9 Å². The van der Waals surface area contributed by atoms with Crippen molar-refractivity contribution in [2.24, 2.45) is 0 Å². The summed E-state index contributed by atoms with van der Waals surface area (Å²) < 4.78 is 0. The van der Waals surface area contributed by atoms with Crippen LogP contribution in [0.3, 0.4) is 0 Å². The Bertz CT molecular complexity index is 375. The van der Waals surface area contributed by atoms with Gasteiger partial charge in [0.05, 0.1) is 0 Å². The fraction of sp³-hybridized carbons (Fsp3) is 0.417. The molecule has 0 fully saturated rings. The number of nitrogens with one attached hydrogen (secondary N) is 1. The van der Waals surface area contributed by atoms with E-state index in [1.165, 1.54) is 6.07 Å². The van der Waals surface area contributed by atoms with Gasteiger partial charge in [0.25, 0.3) is 5.91 Å². The molecule has 16 heavy (non-hydrogen) atoms. The molecule has 0 saturated carbocycles. The third-order valence-electron chi connectivity index (χ3n) is 2.60. The number of amides is 1. The van der Waals surface area contributed by atoms with Gasteiger partial charge in [-0.15, -0.1) is 0 Å². The fourth-order valence-corrected chi connectivity index (χ4v) is 1.75. The third-order valence-corrected chi connectivity index (χ3v) is 3.84. The lowest BCUT2D eigenvalue weighted by molar-refractivity contribution is 0.0913. The molecule has 1 amide bonds. The number of carbonyl (C=O) groups excluding carboxylic acids is 1. The number of hydrogen-bond donors (Lipinski definition) is 2. The van der Waals surface area contributed by atoms with Gasteiger partial charge in [-0.05, 0) is 31.5 Å². The number of hydrogen-bond acceptors (Lipinski definition) is 2. The normalized spacial score (nSPS) is 14.2. The molecule has 0 aliphatic rings. The van der Waals surface area contributed by atoms with Gasteiger partial charge in [-0.25, -0.2) is 0 Å². The number of carbonyl (C=O) groups is 1. The average Bonchev–Trinajstić information content (AvgIpc) is 2.29. The molecule has 0 aliphatic heterocycles. The molecule has 1 aromatic rings. The van der Waals surface area contributed by atoms with E-state index < -0.39 is 0 Å². The SMILES string of the molecule is CCC(C)(CBr)NC(=O)c1cccc(O)c1. The maximum absolute atomic E-state index is 11.9. The zero-order chi connectivity index (χ0) is 12.2. The minimum absolute atomic E-state index is 0.102. The molecule has 0 radical (unpaired) electrons. The maximum Gasteiger partial charge on any atom is 0.251 e. The summed E-state index contributed by atoms with van der Waals surface area (Å²) in [5, 5.41) is 12.9. The van der Waals surface area contributed by atoms with Crippen molar-refractivity contribution in [1.82, 2.24) is 5.32 Å². The van der Waals surface area contributed by atoms with Crippen LogP contribution in [-0.2, 0) is 0 Å². The first-order valence-corrected chi connectivity index (χ1v) is 6.30. The van der Waals surface area contributed by atoms with Crippen LogP contribution in [0.15, 0.2) is 24.3 Å². The summed E-state index contributed by atoms with van der Waals surface area (Å²) in [6.45, 7) is 3.99. The highest BCUT2D eigenvalue weighted by Gasteiger charge is 2.23. The van der Waals surface area contributed by atoms with Crippen molar-refractivity contribution < 1.29 is 9.90 Å². The Morgan fingerprint density at radius 1 is 1.56 bits per heavy atom. The highest BCUT2D eigenvalue weighted by molar-refractivity contribution is 9.09. The van der Waals surface area contributed by atoms with Gasteiger partial charge in [0.15, 0.2) is 0 Å². The van der Waals surface area contributed by atoms with Gasteiger partial charge in [-0.3, -0.25) is 4.79 Å². The lowest BCUT2D eigenvalue weighted by Gasteiger charge is -2.27. The van der Waals surface area contributed by atoms with Gasteiger partial charge < -0.3 is 10.4 Å². The molecule has 0 heterocycles. The molecule has 0 spiro atoms. The quantitative estimate of drug-likeness (QED) is 0.836. The Balaban J connectivity index is 2.80. The Morgan fingerprint density at radius 2 is 2.25 bits per heavy atom. The Hall–Kier alpha value is -1.03. The number of rotatable bonds is 4. The van der Waals surface area contributed by atoms with Crippen LogP contribution in [0.1, 0.15) is 30.6 Å². The van der Waals surface area contributed by atoms with Crippen molar-refractivity contribution in [2.75, 3.05) is 5.33 Å². The van der Waals surface area contributed by atoms with E-state index in [0.717, 1.165) is 6.42 Å². The van der Waals surface area contributed by atoms with Crippen molar-refractivity contribution in [2.45, 2.75) is 25.8 Å². The summed E-state index contributed by atoms with van der Waals surface area (Å²) >= 11 is 3.38. The largest absolute Gasteiger partial charge is 0.508 e. The first kappa shape index (κ1) is 13.0. The Morgan fingerprint density at radius 3 is 2.75 bits per heavy atom. The highest BCUT2D eigenvalue weighted by Crippen LogP contribution is 2.15. The molecule has 4 heteroatoms. The van der Waals surface area contributed by atoms with Crippen molar-refractivity contribution >= 4 is 21.8 Å². The predicted octanol–water partition coefficient (Wildman–Crippen LogP) is 2.69. The first-order valence-electron chi connectivity index (χ1n) is 5.18. The second-order valence-electron chi connectivity index (χ2n) is 4.05. The topological polar surface area (TPSA) is 49.3 Å². The van der Waals surface area contributed by atoms with Crippen LogP contribution in [0.2, 0.25) is 0 Å². The van der Waals surface area contributed by atoms with Crippen molar-refractivity contribution in [3.05, 3.63) is 29.8 Å². The van der Waals surface area contributed by atoms with E-state index >= 15 is 0 Å². The fourth-order valence-electron chi connectivity index (χ4n) is 1.21.